The van der Waals surface area contributed by atoms with Gasteiger partial charge in [0.1, 0.15) is 16.6 Å². The molecule has 78 valence electrons. The first-order chi connectivity index (χ1) is 7.70. The first-order valence-electron chi connectivity index (χ1n) is 4.40. The Labute approximate surface area is 95.4 Å². The van der Waals surface area contributed by atoms with Gasteiger partial charge in [-0.3, -0.25) is 0 Å². The van der Waals surface area contributed by atoms with Gasteiger partial charge in [0.2, 0.25) is 0 Å². The van der Waals surface area contributed by atoms with Crippen LogP contribution in [0.1, 0.15) is 15.4 Å². The zero-order chi connectivity index (χ0) is 11.5. The van der Waals surface area contributed by atoms with Gasteiger partial charge >= 0.3 is 5.97 Å². The SMILES string of the molecule is N#Cc1ccc(-c2ccc(C(=O)O)s2)cn1. The van der Waals surface area contributed by atoms with Crippen LogP contribution in [0.5, 0.6) is 0 Å². The number of carboxylic acid groups (broad SMARTS) is 1. The van der Waals surface area contributed by atoms with E-state index in [1.165, 1.54) is 11.3 Å². The van der Waals surface area contributed by atoms with Crippen LogP contribution in [0.3, 0.4) is 0 Å². The lowest BCUT2D eigenvalue weighted by molar-refractivity contribution is 0.0702. The van der Waals surface area contributed by atoms with Crippen molar-refractivity contribution in [2.45, 2.75) is 0 Å². The van der Waals surface area contributed by atoms with E-state index in [0.29, 0.717) is 10.6 Å². The molecular weight excluding hydrogens is 224 g/mol. The molecule has 0 saturated carbocycles. The van der Waals surface area contributed by atoms with Crippen LogP contribution in [-0.2, 0) is 0 Å². The highest BCUT2D eigenvalue weighted by Crippen LogP contribution is 2.27. The summed E-state index contributed by atoms with van der Waals surface area (Å²) in [6.07, 6.45) is 1.57. The Kier molecular flexibility index (Phi) is 2.66. The zero-order valence-corrected chi connectivity index (χ0v) is 8.86. The maximum Gasteiger partial charge on any atom is 0.345 e. The van der Waals surface area contributed by atoms with Gasteiger partial charge in [-0.05, 0) is 24.3 Å². The molecule has 0 atom stereocenters. The maximum absolute atomic E-state index is 10.7. The zero-order valence-electron chi connectivity index (χ0n) is 8.04. The molecule has 0 radical (unpaired) electrons. The lowest BCUT2D eigenvalue weighted by Gasteiger charge is -1.95. The number of thiophene rings is 1. The molecule has 0 bridgehead atoms. The van der Waals surface area contributed by atoms with Gasteiger partial charge in [-0.1, -0.05) is 0 Å². The summed E-state index contributed by atoms with van der Waals surface area (Å²) in [6.45, 7) is 0. The second kappa shape index (κ2) is 4.13. The summed E-state index contributed by atoms with van der Waals surface area (Å²) in [7, 11) is 0. The van der Waals surface area contributed by atoms with Crippen LogP contribution in [0, 0.1) is 11.3 Å². The van der Waals surface area contributed by atoms with E-state index in [1.54, 1.807) is 30.5 Å². The lowest BCUT2D eigenvalue weighted by Crippen LogP contribution is -1.89. The topological polar surface area (TPSA) is 74.0 Å². The van der Waals surface area contributed by atoms with Gasteiger partial charge in [0.15, 0.2) is 0 Å². The summed E-state index contributed by atoms with van der Waals surface area (Å²) in [6, 6.07) is 8.58. The molecule has 2 rings (SSSR count). The third-order valence-corrected chi connectivity index (χ3v) is 3.10. The molecule has 0 unspecified atom stereocenters. The summed E-state index contributed by atoms with van der Waals surface area (Å²) >= 11 is 1.19. The molecule has 16 heavy (non-hydrogen) atoms. The molecular formula is C11H6N2O2S. The Balaban J connectivity index is 2.36. The van der Waals surface area contributed by atoms with Gasteiger partial charge in [-0.25, -0.2) is 9.78 Å². The van der Waals surface area contributed by atoms with Crippen LogP contribution in [0.2, 0.25) is 0 Å². The first-order valence-corrected chi connectivity index (χ1v) is 5.22. The summed E-state index contributed by atoms with van der Waals surface area (Å²) < 4.78 is 0. The molecule has 0 aliphatic carbocycles. The summed E-state index contributed by atoms with van der Waals surface area (Å²) in [4.78, 5) is 15.7. The molecule has 0 aromatic carbocycles. The van der Waals surface area contributed by atoms with Crippen molar-refractivity contribution < 1.29 is 9.90 Å². The number of carbonyl (C=O) groups is 1. The lowest BCUT2D eigenvalue weighted by atomic mass is 10.2. The number of nitrogens with zero attached hydrogens (tertiary/aromatic N) is 2. The van der Waals surface area contributed by atoms with Crippen molar-refractivity contribution in [2.75, 3.05) is 0 Å². The number of hydrogen-bond acceptors (Lipinski definition) is 4. The molecule has 5 heteroatoms. The Morgan fingerprint density at radius 2 is 2.19 bits per heavy atom. The molecule has 4 nitrogen and oxygen atoms in total. The molecule has 2 aromatic heterocycles. The smallest absolute Gasteiger partial charge is 0.345 e. The predicted octanol–water partition coefficient (Wildman–Crippen LogP) is 2.38. The van der Waals surface area contributed by atoms with E-state index in [4.69, 9.17) is 10.4 Å². The third-order valence-electron chi connectivity index (χ3n) is 1.98. The molecule has 0 fully saturated rings. The fourth-order valence-corrected chi connectivity index (χ4v) is 2.05. The Hall–Kier alpha value is -2.19. The van der Waals surface area contributed by atoms with Crippen molar-refractivity contribution >= 4 is 17.3 Å². The highest BCUT2D eigenvalue weighted by molar-refractivity contribution is 7.17. The fraction of sp³-hybridized carbons (Fsp3) is 0. The fourth-order valence-electron chi connectivity index (χ4n) is 1.21. The van der Waals surface area contributed by atoms with Gasteiger partial charge in [-0.15, -0.1) is 11.3 Å². The summed E-state index contributed by atoms with van der Waals surface area (Å²) in [5, 5.41) is 17.4. The Morgan fingerprint density at radius 3 is 2.69 bits per heavy atom. The van der Waals surface area contributed by atoms with E-state index in [9.17, 15) is 4.79 Å². The summed E-state index contributed by atoms with van der Waals surface area (Å²) in [5.74, 6) is -0.933. The van der Waals surface area contributed by atoms with Crippen molar-refractivity contribution in [1.29, 1.82) is 5.26 Å². The highest BCUT2D eigenvalue weighted by atomic mass is 32.1. The molecule has 0 aliphatic heterocycles. The van der Waals surface area contributed by atoms with Gasteiger partial charge in [-0.2, -0.15) is 5.26 Å². The van der Waals surface area contributed by atoms with Crippen LogP contribution >= 0.6 is 11.3 Å². The molecule has 0 spiro atoms. The summed E-state index contributed by atoms with van der Waals surface area (Å²) in [5.41, 5.74) is 1.16. The second-order valence-electron chi connectivity index (χ2n) is 3.01. The van der Waals surface area contributed by atoms with Crippen molar-refractivity contribution in [3.63, 3.8) is 0 Å². The minimum Gasteiger partial charge on any atom is -0.477 e. The van der Waals surface area contributed by atoms with E-state index in [-0.39, 0.29) is 0 Å². The largest absolute Gasteiger partial charge is 0.477 e. The van der Waals surface area contributed by atoms with Crippen LogP contribution in [0.25, 0.3) is 10.4 Å². The van der Waals surface area contributed by atoms with Crippen molar-refractivity contribution in [2.24, 2.45) is 0 Å². The molecule has 0 saturated heterocycles. The number of aromatic carboxylic acids is 1. The van der Waals surface area contributed by atoms with Crippen LogP contribution in [-0.4, -0.2) is 16.1 Å². The minimum atomic E-state index is -0.933. The number of rotatable bonds is 2. The number of nitriles is 1. The van der Waals surface area contributed by atoms with E-state index >= 15 is 0 Å². The molecule has 2 aromatic rings. The van der Waals surface area contributed by atoms with Gasteiger partial charge < -0.3 is 5.11 Å². The average Bonchev–Trinajstić information content (AvgIpc) is 2.78. The predicted molar refractivity (Wildman–Crippen MR) is 59.2 cm³/mol. The standard InChI is InChI=1S/C11H6N2O2S/c12-5-8-2-1-7(6-13-8)9-3-4-10(16-9)11(14)15/h1-4,6H,(H,14,15). The average molecular weight is 230 g/mol. The molecule has 0 amide bonds. The van der Waals surface area contributed by atoms with E-state index in [2.05, 4.69) is 4.98 Å². The van der Waals surface area contributed by atoms with E-state index in [0.717, 1.165) is 10.4 Å². The molecule has 2 heterocycles. The van der Waals surface area contributed by atoms with Gasteiger partial charge in [0, 0.05) is 16.6 Å². The first kappa shape index (κ1) is 10.3. The molecule has 0 aliphatic rings. The van der Waals surface area contributed by atoms with E-state index < -0.39 is 5.97 Å². The number of hydrogen-bond donors (Lipinski definition) is 1. The highest BCUT2D eigenvalue weighted by Gasteiger charge is 2.08. The second-order valence-corrected chi connectivity index (χ2v) is 4.10. The van der Waals surface area contributed by atoms with Crippen LogP contribution in [0.15, 0.2) is 30.5 Å². The van der Waals surface area contributed by atoms with Crippen molar-refractivity contribution in [3.05, 3.63) is 41.0 Å². The third kappa shape index (κ3) is 1.92. The van der Waals surface area contributed by atoms with Gasteiger partial charge in [0.05, 0.1) is 0 Å². The quantitative estimate of drug-likeness (QED) is 0.859. The number of aromatic nitrogens is 1. The van der Waals surface area contributed by atoms with Crippen LogP contribution in [0.4, 0.5) is 0 Å². The van der Waals surface area contributed by atoms with E-state index in [1.807, 2.05) is 6.07 Å². The Morgan fingerprint density at radius 1 is 1.38 bits per heavy atom. The number of pyridine rings is 1. The minimum absolute atomic E-state index is 0.291. The molecule has 1 N–H and O–H groups in total. The van der Waals surface area contributed by atoms with Gasteiger partial charge in [0.25, 0.3) is 0 Å². The van der Waals surface area contributed by atoms with Crippen molar-refractivity contribution in [3.8, 4) is 16.5 Å². The maximum atomic E-state index is 10.7. The number of carboxylic acids is 1. The Bertz CT molecular complexity index is 566. The normalized spacial score (nSPS) is 9.69. The van der Waals surface area contributed by atoms with Crippen molar-refractivity contribution in [1.82, 2.24) is 4.98 Å². The monoisotopic (exact) mass is 230 g/mol. The van der Waals surface area contributed by atoms with Crippen LogP contribution < -0.4 is 0 Å².